The molecule has 2 N–H and O–H groups in total. The molecule has 3 amide bonds. The molecular weight excluding hydrogens is 318 g/mol. The fraction of sp³-hybridized carbons (Fsp3) is 0.500. The molecule has 2 unspecified atom stereocenters. The summed E-state index contributed by atoms with van der Waals surface area (Å²) >= 11 is 0. The largest absolute Gasteiger partial charge is 0.333 e. The topological polar surface area (TPSA) is 77.0 Å². The van der Waals surface area contributed by atoms with Crippen LogP contribution in [0.25, 0.3) is 0 Å². The molecule has 3 rings (SSSR count). The van der Waals surface area contributed by atoms with Crippen LogP contribution in [0.2, 0.25) is 0 Å². The Morgan fingerprint density at radius 3 is 2.60 bits per heavy atom. The Morgan fingerprint density at radius 1 is 1.20 bits per heavy atom. The van der Waals surface area contributed by atoms with E-state index in [4.69, 9.17) is 0 Å². The lowest BCUT2D eigenvalue weighted by Crippen LogP contribution is -2.64. The molecule has 0 radical (unpaired) electrons. The molecule has 7 heteroatoms. The highest BCUT2D eigenvalue weighted by Gasteiger charge is 2.49. The third-order valence-corrected chi connectivity index (χ3v) is 4.67. The highest BCUT2D eigenvalue weighted by molar-refractivity contribution is 6.04. The maximum absolute atomic E-state index is 12.5. The van der Waals surface area contributed by atoms with Crippen LogP contribution < -0.4 is 10.6 Å². The van der Waals surface area contributed by atoms with Gasteiger partial charge in [0.05, 0.1) is 0 Å². The highest BCUT2D eigenvalue weighted by atomic mass is 16.2. The van der Waals surface area contributed by atoms with E-state index in [0.29, 0.717) is 19.0 Å². The lowest BCUT2D eigenvalue weighted by molar-refractivity contribution is -0.127. The summed E-state index contributed by atoms with van der Waals surface area (Å²) in [6, 6.07) is 7.36. The Kier molecular flexibility index (Phi) is 4.92. The number of aryl methyl sites for hydroxylation is 1. The first-order valence-corrected chi connectivity index (χ1v) is 8.72. The number of guanidine groups is 1. The number of urea groups is 1. The lowest BCUT2D eigenvalue weighted by atomic mass is 10.1. The van der Waals surface area contributed by atoms with Crippen LogP contribution in [0.15, 0.2) is 29.3 Å². The number of rotatable bonds is 5. The number of hydrogen-bond donors (Lipinski definition) is 2. The van der Waals surface area contributed by atoms with E-state index in [2.05, 4.69) is 46.8 Å². The zero-order valence-electron chi connectivity index (χ0n) is 15.0. The smallest absolute Gasteiger partial charge is 0.325 e. The Labute approximate surface area is 148 Å². The van der Waals surface area contributed by atoms with E-state index in [1.807, 2.05) is 11.8 Å². The van der Waals surface area contributed by atoms with Gasteiger partial charge in [-0.3, -0.25) is 15.1 Å². The van der Waals surface area contributed by atoms with Gasteiger partial charge in [0, 0.05) is 20.1 Å². The van der Waals surface area contributed by atoms with E-state index in [1.54, 1.807) is 7.05 Å². The Hall–Kier alpha value is -2.57. The van der Waals surface area contributed by atoms with Gasteiger partial charge in [0.25, 0.3) is 5.91 Å². The zero-order valence-corrected chi connectivity index (χ0v) is 15.0. The van der Waals surface area contributed by atoms with Gasteiger partial charge in [0.1, 0.15) is 6.17 Å². The van der Waals surface area contributed by atoms with E-state index in [9.17, 15) is 9.59 Å². The molecule has 0 aromatic heterocycles. The molecule has 0 bridgehead atoms. The Morgan fingerprint density at radius 2 is 1.92 bits per heavy atom. The molecule has 25 heavy (non-hydrogen) atoms. The van der Waals surface area contributed by atoms with Crippen LogP contribution in [0, 0.1) is 6.92 Å². The summed E-state index contributed by atoms with van der Waals surface area (Å²) < 4.78 is 0. The Bertz CT molecular complexity index is 685. The van der Waals surface area contributed by atoms with Gasteiger partial charge >= 0.3 is 6.03 Å². The number of hydrogen-bond acceptors (Lipinski definition) is 3. The van der Waals surface area contributed by atoms with Gasteiger partial charge < -0.3 is 15.1 Å². The first kappa shape index (κ1) is 17.3. The monoisotopic (exact) mass is 343 g/mol. The summed E-state index contributed by atoms with van der Waals surface area (Å²) in [7, 11) is 1.69. The van der Waals surface area contributed by atoms with Gasteiger partial charge in [0.2, 0.25) is 0 Å². The Balaban J connectivity index is 1.88. The van der Waals surface area contributed by atoms with Crippen molar-refractivity contribution in [2.75, 3.05) is 13.6 Å². The number of nitrogens with one attached hydrogen (secondary N) is 2. The average Bonchev–Trinajstić information content (AvgIpc) is 2.94. The second kappa shape index (κ2) is 7.13. The number of likely N-dealkylation sites (N-methyl/N-ethyl adjacent to an activating group) is 1. The molecule has 7 nitrogen and oxygen atoms in total. The molecule has 1 aromatic rings. The van der Waals surface area contributed by atoms with Gasteiger partial charge in [-0.05, 0) is 18.9 Å². The minimum Gasteiger partial charge on any atom is -0.333 e. The summed E-state index contributed by atoms with van der Waals surface area (Å²) in [6.07, 6.45) is 1.65. The lowest BCUT2D eigenvalue weighted by Gasteiger charge is -2.35. The van der Waals surface area contributed by atoms with E-state index in [-0.39, 0.29) is 11.9 Å². The summed E-state index contributed by atoms with van der Waals surface area (Å²) in [5.41, 5.74) is 2.29. The number of carbonyl (C=O) groups is 2. The van der Waals surface area contributed by atoms with Crippen LogP contribution >= 0.6 is 0 Å². The predicted molar refractivity (Wildman–Crippen MR) is 95.9 cm³/mol. The molecule has 2 atom stereocenters. The van der Waals surface area contributed by atoms with Crippen LogP contribution in [0.4, 0.5) is 4.79 Å². The number of carbonyl (C=O) groups excluding carboxylic acids is 2. The molecule has 2 aliphatic rings. The molecule has 134 valence electrons. The van der Waals surface area contributed by atoms with Crippen LogP contribution in [-0.2, 0) is 11.3 Å². The van der Waals surface area contributed by atoms with Crippen molar-refractivity contribution in [3.05, 3.63) is 35.4 Å². The minimum absolute atomic E-state index is 0.284. The number of imide groups is 1. The number of aliphatic imine (C=N–C) groups is 1. The molecule has 2 saturated heterocycles. The van der Waals surface area contributed by atoms with Crippen LogP contribution in [0.1, 0.15) is 30.9 Å². The van der Waals surface area contributed by atoms with Gasteiger partial charge in [-0.1, -0.05) is 43.2 Å². The minimum atomic E-state index is -0.482. The first-order valence-electron chi connectivity index (χ1n) is 8.72. The van der Waals surface area contributed by atoms with Crippen LogP contribution in [-0.4, -0.2) is 53.5 Å². The van der Waals surface area contributed by atoms with E-state index >= 15 is 0 Å². The quantitative estimate of drug-likeness (QED) is 0.793. The standard InChI is InChI=1S/C18H25N5O2/c1-4-5-10-19-17-20-15-14(16(24)21-18(25)22(15)3)23(17)11-13-8-6-12(2)7-9-13/h6-9,14-15H,4-5,10-11H2,1-3H3,(H,19,20)(H,21,24,25). The summed E-state index contributed by atoms with van der Waals surface area (Å²) in [5, 5.41) is 5.69. The summed E-state index contributed by atoms with van der Waals surface area (Å²) in [5.74, 6) is 0.397. The van der Waals surface area contributed by atoms with Crippen molar-refractivity contribution in [3.8, 4) is 0 Å². The molecule has 0 saturated carbocycles. The fourth-order valence-corrected chi connectivity index (χ4v) is 3.13. The summed E-state index contributed by atoms with van der Waals surface area (Å²) in [4.78, 5) is 32.5. The molecule has 2 heterocycles. The van der Waals surface area contributed by atoms with Gasteiger partial charge in [-0.25, -0.2) is 4.79 Å². The molecule has 0 spiro atoms. The zero-order chi connectivity index (χ0) is 18.0. The summed E-state index contributed by atoms with van der Waals surface area (Å²) in [6.45, 7) is 5.42. The van der Waals surface area contributed by atoms with Gasteiger partial charge in [-0.15, -0.1) is 0 Å². The van der Waals surface area contributed by atoms with Crippen molar-refractivity contribution in [2.45, 2.75) is 45.4 Å². The second-order valence-electron chi connectivity index (χ2n) is 6.61. The number of nitrogens with zero attached hydrogens (tertiary/aromatic N) is 3. The van der Waals surface area contributed by atoms with E-state index < -0.39 is 12.2 Å². The van der Waals surface area contributed by atoms with Crippen molar-refractivity contribution in [1.82, 2.24) is 20.4 Å². The van der Waals surface area contributed by atoms with Gasteiger partial charge in [0.15, 0.2) is 12.0 Å². The molecule has 2 aliphatic heterocycles. The molecule has 1 aromatic carbocycles. The highest BCUT2D eigenvalue weighted by Crippen LogP contribution is 2.23. The van der Waals surface area contributed by atoms with Gasteiger partial charge in [-0.2, -0.15) is 0 Å². The number of benzene rings is 1. The van der Waals surface area contributed by atoms with Crippen molar-refractivity contribution < 1.29 is 9.59 Å². The van der Waals surface area contributed by atoms with Crippen LogP contribution in [0.3, 0.4) is 0 Å². The predicted octanol–water partition coefficient (Wildman–Crippen LogP) is 1.43. The van der Waals surface area contributed by atoms with E-state index in [1.165, 1.54) is 10.5 Å². The normalized spacial score (nSPS) is 24.4. The first-order chi connectivity index (χ1) is 12.0. The number of fused-ring (bicyclic) bond motifs is 1. The maximum Gasteiger partial charge on any atom is 0.325 e. The number of unbranched alkanes of at least 4 members (excludes halogenated alkanes) is 1. The third kappa shape index (κ3) is 3.45. The average molecular weight is 343 g/mol. The molecule has 0 aliphatic carbocycles. The second-order valence-corrected chi connectivity index (χ2v) is 6.61. The SMILES string of the molecule is CCCCN=C1NC2C(C(=O)NC(=O)N2C)N1Cc1ccc(C)cc1. The van der Waals surface area contributed by atoms with Crippen molar-refractivity contribution in [2.24, 2.45) is 4.99 Å². The van der Waals surface area contributed by atoms with Crippen molar-refractivity contribution >= 4 is 17.9 Å². The molecule has 2 fully saturated rings. The van der Waals surface area contributed by atoms with Crippen molar-refractivity contribution in [1.29, 1.82) is 0 Å². The fourth-order valence-electron chi connectivity index (χ4n) is 3.13. The third-order valence-electron chi connectivity index (χ3n) is 4.67. The maximum atomic E-state index is 12.5. The van der Waals surface area contributed by atoms with E-state index in [0.717, 1.165) is 18.4 Å². The van der Waals surface area contributed by atoms with Crippen molar-refractivity contribution in [3.63, 3.8) is 0 Å². The molecular formula is C18H25N5O2. The van der Waals surface area contributed by atoms with Crippen LogP contribution in [0.5, 0.6) is 0 Å². The number of amides is 3.